The van der Waals surface area contributed by atoms with Crippen molar-refractivity contribution >= 4 is 17.4 Å². The van der Waals surface area contributed by atoms with Crippen molar-refractivity contribution in [1.29, 1.82) is 0 Å². The normalized spacial score (nSPS) is 15.4. The van der Waals surface area contributed by atoms with Crippen LogP contribution in [-0.2, 0) is 14.3 Å². The van der Waals surface area contributed by atoms with Gasteiger partial charge in [-0.1, -0.05) is 17.7 Å². The highest BCUT2D eigenvalue weighted by Gasteiger charge is 2.33. The number of ether oxygens (including phenoxy) is 1. The van der Waals surface area contributed by atoms with Crippen molar-refractivity contribution < 1.29 is 14.3 Å². The van der Waals surface area contributed by atoms with E-state index in [2.05, 4.69) is 0 Å². The molecule has 1 aromatic rings. The predicted molar refractivity (Wildman–Crippen MR) is 58.8 cm³/mol. The van der Waals surface area contributed by atoms with Gasteiger partial charge in [0.2, 0.25) is 11.7 Å². The van der Waals surface area contributed by atoms with Crippen LogP contribution >= 0.6 is 0 Å². The maximum atomic E-state index is 11.6. The highest BCUT2D eigenvalue weighted by atomic mass is 16.5. The van der Waals surface area contributed by atoms with E-state index in [0.29, 0.717) is 5.69 Å². The van der Waals surface area contributed by atoms with Gasteiger partial charge < -0.3 is 4.74 Å². The molecule has 1 heterocycles. The van der Waals surface area contributed by atoms with Crippen LogP contribution in [0.3, 0.4) is 0 Å². The van der Waals surface area contributed by atoms with Gasteiger partial charge >= 0.3 is 5.91 Å². The molecule has 0 unspecified atom stereocenters. The molecule has 0 saturated carbocycles. The first-order chi connectivity index (χ1) is 7.63. The smallest absolute Gasteiger partial charge is 0.305 e. The van der Waals surface area contributed by atoms with Crippen LogP contribution in [0.2, 0.25) is 0 Å². The molecule has 82 valence electrons. The summed E-state index contributed by atoms with van der Waals surface area (Å²) in [7, 11) is 1.43. The second-order valence-electron chi connectivity index (χ2n) is 3.53. The van der Waals surface area contributed by atoms with Gasteiger partial charge in [-0.2, -0.15) is 0 Å². The molecule has 1 aromatic carbocycles. The average molecular weight is 217 g/mol. The van der Waals surface area contributed by atoms with Crippen LogP contribution in [0.15, 0.2) is 36.2 Å². The van der Waals surface area contributed by atoms with Gasteiger partial charge in [-0.05, 0) is 19.1 Å². The molecule has 1 amide bonds. The summed E-state index contributed by atoms with van der Waals surface area (Å²) < 4.78 is 4.99. The fraction of sp³-hybridized carbons (Fsp3) is 0.167. The van der Waals surface area contributed by atoms with Gasteiger partial charge in [-0.25, -0.2) is 4.90 Å². The minimum atomic E-state index is -0.583. The topological polar surface area (TPSA) is 46.6 Å². The SMILES string of the molecule is COC1=CC(=O)C(=O)N1c1ccc(C)cc1. The highest BCUT2D eigenvalue weighted by Crippen LogP contribution is 2.24. The van der Waals surface area contributed by atoms with Gasteiger partial charge in [0.05, 0.1) is 18.9 Å². The number of ketones is 1. The Bertz CT molecular complexity index is 474. The molecule has 0 fully saturated rings. The second-order valence-corrected chi connectivity index (χ2v) is 3.53. The summed E-state index contributed by atoms with van der Waals surface area (Å²) in [5.41, 5.74) is 1.72. The Balaban J connectivity index is 2.40. The van der Waals surface area contributed by atoms with E-state index in [0.717, 1.165) is 5.56 Å². The number of carbonyl (C=O) groups excluding carboxylic acids is 2. The van der Waals surface area contributed by atoms with E-state index >= 15 is 0 Å². The van der Waals surface area contributed by atoms with Crippen molar-refractivity contribution in [2.75, 3.05) is 12.0 Å². The Kier molecular flexibility index (Phi) is 2.48. The number of hydrogen-bond acceptors (Lipinski definition) is 3. The molecular formula is C12H11NO3. The molecule has 0 atom stereocenters. The van der Waals surface area contributed by atoms with E-state index in [1.165, 1.54) is 18.1 Å². The monoisotopic (exact) mass is 217 g/mol. The van der Waals surface area contributed by atoms with Gasteiger partial charge in [-0.15, -0.1) is 0 Å². The largest absolute Gasteiger partial charge is 0.482 e. The lowest BCUT2D eigenvalue weighted by Crippen LogP contribution is -2.29. The fourth-order valence-corrected chi connectivity index (χ4v) is 1.54. The Morgan fingerprint density at radius 2 is 1.75 bits per heavy atom. The van der Waals surface area contributed by atoms with E-state index in [-0.39, 0.29) is 5.88 Å². The molecule has 16 heavy (non-hydrogen) atoms. The minimum Gasteiger partial charge on any atom is -0.482 e. The van der Waals surface area contributed by atoms with Gasteiger partial charge in [-0.3, -0.25) is 9.59 Å². The van der Waals surface area contributed by atoms with Crippen LogP contribution in [-0.4, -0.2) is 18.8 Å². The first-order valence-electron chi connectivity index (χ1n) is 4.84. The van der Waals surface area contributed by atoms with Crippen molar-refractivity contribution in [3.63, 3.8) is 0 Å². The second kappa shape index (κ2) is 3.81. The van der Waals surface area contributed by atoms with Crippen molar-refractivity contribution in [2.24, 2.45) is 0 Å². The molecule has 0 N–H and O–H groups in total. The van der Waals surface area contributed by atoms with Crippen LogP contribution in [0.25, 0.3) is 0 Å². The fourth-order valence-electron chi connectivity index (χ4n) is 1.54. The third-order valence-corrected chi connectivity index (χ3v) is 2.39. The average Bonchev–Trinajstić information content (AvgIpc) is 2.57. The molecule has 4 heteroatoms. The van der Waals surface area contributed by atoms with Crippen LogP contribution in [0, 0.1) is 6.92 Å². The number of nitrogens with zero attached hydrogens (tertiary/aromatic N) is 1. The Labute approximate surface area is 93.1 Å². The van der Waals surface area contributed by atoms with E-state index in [1.807, 2.05) is 19.1 Å². The van der Waals surface area contributed by atoms with E-state index < -0.39 is 11.7 Å². The number of hydrogen-bond donors (Lipinski definition) is 0. The van der Waals surface area contributed by atoms with Crippen molar-refractivity contribution in [2.45, 2.75) is 6.92 Å². The van der Waals surface area contributed by atoms with Gasteiger partial charge in [0, 0.05) is 0 Å². The zero-order valence-electron chi connectivity index (χ0n) is 9.06. The quantitative estimate of drug-likeness (QED) is 0.703. The van der Waals surface area contributed by atoms with Crippen molar-refractivity contribution in [1.82, 2.24) is 0 Å². The molecule has 0 aromatic heterocycles. The summed E-state index contributed by atoms with van der Waals surface area (Å²) in [6.07, 6.45) is 1.20. The van der Waals surface area contributed by atoms with E-state index in [4.69, 9.17) is 4.74 Å². The highest BCUT2D eigenvalue weighted by molar-refractivity contribution is 6.48. The Hall–Kier alpha value is -2.10. The van der Waals surface area contributed by atoms with Crippen LogP contribution in [0.1, 0.15) is 5.56 Å². The standard InChI is InChI=1S/C12H11NO3/c1-8-3-5-9(6-4-8)13-11(16-2)7-10(14)12(13)15/h3-7H,1-2H3. The maximum absolute atomic E-state index is 11.6. The van der Waals surface area contributed by atoms with E-state index in [1.54, 1.807) is 12.1 Å². The third kappa shape index (κ3) is 1.58. The third-order valence-electron chi connectivity index (χ3n) is 2.39. The number of methoxy groups -OCH3 is 1. The lowest BCUT2D eigenvalue weighted by molar-refractivity contribution is -0.132. The lowest BCUT2D eigenvalue weighted by Gasteiger charge is -2.18. The summed E-state index contributed by atoms with van der Waals surface area (Å²) in [5, 5.41) is 0. The molecular weight excluding hydrogens is 206 g/mol. The zero-order valence-corrected chi connectivity index (χ0v) is 9.06. The minimum absolute atomic E-state index is 0.263. The lowest BCUT2D eigenvalue weighted by atomic mass is 10.2. The predicted octanol–water partition coefficient (Wildman–Crippen LogP) is 1.40. The number of anilines is 1. The van der Waals surface area contributed by atoms with Crippen molar-refractivity contribution in [3.8, 4) is 0 Å². The number of aryl methyl sites for hydroxylation is 1. The summed E-state index contributed by atoms with van der Waals surface area (Å²) in [6.45, 7) is 1.95. The molecule has 1 aliphatic heterocycles. The van der Waals surface area contributed by atoms with Crippen molar-refractivity contribution in [3.05, 3.63) is 41.8 Å². The molecule has 0 saturated heterocycles. The molecule has 4 nitrogen and oxygen atoms in total. The molecule has 0 radical (unpaired) electrons. The van der Waals surface area contributed by atoms with Crippen LogP contribution in [0.5, 0.6) is 0 Å². The number of benzene rings is 1. The first-order valence-corrected chi connectivity index (χ1v) is 4.84. The molecule has 0 aliphatic carbocycles. The summed E-state index contributed by atoms with van der Waals surface area (Å²) in [5.74, 6) is -0.878. The number of rotatable bonds is 2. The van der Waals surface area contributed by atoms with Gasteiger partial charge in [0.15, 0.2) is 0 Å². The van der Waals surface area contributed by atoms with Gasteiger partial charge in [0.25, 0.3) is 0 Å². The molecule has 0 bridgehead atoms. The van der Waals surface area contributed by atoms with Crippen LogP contribution < -0.4 is 4.90 Å². The Morgan fingerprint density at radius 3 is 2.31 bits per heavy atom. The molecule has 2 rings (SSSR count). The summed E-state index contributed by atoms with van der Waals surface area (Å²) >= 11 is 0. The summed E-state index contributed by atoms with van der Waals surface area (Å²) in [4.78, 5) is 24.1. The zero-order chi connectivity index (χ0) is 11.7. The maximum Gasteiger partial charge on any atom is 0.305 e. The first kappa shape index (κ1) is 10.4. The number of carbonyl (C=O) groups is 2. The summed E-state index contributed by atoms with van der Waals surface area (Å²) in [6, 6.07) is 7.30. The van der Waals surface area contributed by atoms with E-state index in [9.17, 15) is 9.59 Å². The van der Waals surface area contributed by atoms with Gasteiger partial charge in [0.1, 0.15) is 0 Å². The molecule has 1 aliphatic rings. The number of amides is 1. The molecule has 0 spiro atoms. The Morgan fingerprint density at radius 1 is 1.12 bits per heavy atom. The van der Waals surface area contributed by atoms with Crippen LogP contribution in [0.4, 0.5) is 5.69 Å².